The van der Waals surface area contributed by atoms with Crippen LogP contribution in [0.15, 0.2) is 136 Å². The van der Waals surface area contributed by atoms with Gasteiger partial charge in [0.15, 0.2) is 0 Å². The van der Waals surface area contributed by atoms with Gasteiger partial charge < -0.3 is 13.7 Å². The lowest BCUT2D eigenvalue weighted by Gasteiger charge is -2.28. The van der Waals surface area contributed by atoms with Crippen LogP contribution in [0.2, 0.25) is 0 Å². The van der Waals surface area contributed by atoms with Gasteiger partial charge in [-0.3, -0.25) is 0 Å². The van der Waals surface area contributed by atoms with E-state index in [9.17, 15) is 0 Å². The Labute approximate surface area is 243 Å². The Morgan fingerprint density at radius 2 is 0.905 bits per heavy atom. The summed E-state index contributed by atoms with van der Waals surface area (Å²) in [5.41, 5.74) is 11.9. The normalized spacial score (nSPS) is 13.7. The van der Waals surface area contributed by atoms with Gasteiger partial charge in [-0.1, -0.05) is 80.6 Å². The standard InChI is InChI=1S/C39H27NO2/c1-39(2)33-12-6-3-9-27(33)28-18-15-24(21-34(28)39)40(25-16-19-31-29-10-4-7-13-35(29)41-37(31)22-25)26-17-20-32-30-11-5-8-14-36(30)42-38(32)23-26/h3-23H,1-2H3. The molecule has 0 saturated carbocycles. The number of rotatable bonds is 3. The second kappa shape index (κ2) is 8.37. The van der Waals surface area contributed by atoms with Gasteiger partial charge in [0.25, 0.3) is 0 Å². The van der Waals surface area contributed by atoms with Crippen LogP contribution in [0, 0.1) is 0 Å². The van der Waals surface area contributed by atoms with Crippen molar-refractivity contribution in [1.82, 2.24) is 0 Å². The van der Waals surface area contributed by atoms with Gasteiger partial charge in [-0.2, -0.15) is 0 Å². The van der Waals surface area contributed by atoms with E-state index in [1.54, 1.807) is 0 Å². The SMILES string of the molecule is CC1(C)c2ccccc2-c2ccc(N(c3ccc4c(c3)oc3ccccc34)c3ccc4c(c3)oc3ccccc34)cc21. The van der Waals surface area contributed by atoms with Crippen molar-refractivity contribution in [1.29, 1.82) is 0 Å². The summed E-state index contributed by atoms with van der Waals surface area (Å²) in [5, 5.41) is 4.50. The van der Waals surface area contributed by atoms with Crippen molar-refractivity contribution in [3.8, 4) is 11.1 Å². The van der Waals surface area contributed by atoms with Crippen LogP contribution in [0.1, 0.15) is 25.0 Å². The molecule has 9 rings (SSSR count). The van der Waals surface area contributed by atoms with E-state index in [0.717, 1.165) is 60.9 Å². The quantitative estimate of drug-likeness (QED) is 0.223. The number of fused-ring (bicyclic) bond motifs is 9. The maximum absolute atomic E-state index is 6.33. The van der Waals surface area contributed by atoms with Crippen molar-refractivity contribution in [2.75, 3.05) is 4.90 Å². The summed E-state index contributed by atoms with van der Waals surface area (Å²) in [7, 11) is 0. The third-order valence-electron chi connectivity index (χ3n) is 9.07. The van der Waals surface area contributed by atoms with Gasteiger partial charge in [0, 0.05) is 56.2 Å². The largest absolute Gasteiger partial charge is 0.456 e. The minimum atomic E-state index is -0.0982. The van der Waals surface area contributed by atoms with Gasteiger partial charge in [-0.25, -0.2) is 0 Å². The zero-order chi connectivity index (χ0) is 28.0. The Bertz CT molecular complexity index is 2240. The Morgan fingerprint density at radius 1 is 0.429 bits per heavy atom. The molecule has 0 saturated heterocycles. The van der Waals surface area contributed by atoms with Gasteiger partial charge in [-0.15, -0.1) is 0 Å². The van der Waals surface area contributed by atoms with Crippen molar-refractivity contribution in [2.24, 2.45) is 0 Å². The minimum absolute atomic E-state index is 0.0982. The fraction of sp³-hybridized carbons (Fsp3) is 0.0769. The lowest BCUT2D eigenvalue weighted by Crippen LogP contribution is -2.16. The smallest absolute Gasteiger partial charge is 0.137 e. The predicted octanol–water partition coefficient (Wildman–Crippen LogP) is 11.3. The average molecular weight is 542 g/mol. The van der Waals surface area contributed by atoms with Crippen LogP contribution in [0.3, 0.4) is 0 Å². The average Bonchev–Trinajstić information content (AvgIpc) is 3.65. The molecular formula is C39H27NO2. The minimum Gasteiger partial charge on any atom is -0.456 e. The van der Waals surface area contributed by atoms with Gasteiger partial charge in [0.2, 0.25) is 0 Å². The Balaban J connectivity index is 1.27. The first-order valence-electron chi connectivity index (χ1n) is 14.4. The number of benzene rings is 6. The molecule has 0 spiro atoms. The molecule has 0 amide bonds. The molecule has 0 atom stereocenters. The van der Waals surface area contributed by atoms with Gasteiger partial charge in [-0.05, 0) is 70.8 Å². The predicted molar refractivity (Wildman–Crippen MR) is 173 cm³/mol. The van der Waals surface area contributed by atoms with Crippen LogP contribution in [0.5, 0.6) is 0 Å². The van der Waals surface area contributed by atoms with E-state index in [0.29, 0.717) is 0 Å². The highest BCUT2D eigenvalue weighted by molar-refractivity contribution is 6.07. The summed E-state index contributed by atoms with van der Waals surface area (Å²) in [6, 6.07) is 45.2. The molecule has 200 valence electrons. The molecule has 8 aromatic rings. The molecule has 0 fully saturated rings. The first-order chi connectivity index (χ1) is 20.6. The van der Waals surface area contributed by atoms with Gasteiger partial charge >= 0.3 is 0 Å². The number of anilines is 3. The summed E-state index contributed by atoms with van der Waals surface area (Å²) in [6.45, 7) is 4.65. The third-order valence-corrected chi connectivity index (χ3v) is 9.07. The molecule has 3 nitrogen and oxygen atoms in total. The maximum atomic E-state index is 6.33. The zero-order valence-electron chi connectivity index (χ0n) is 23.4. The molecule has 2 aromatic heterocycles. The molecule has 3 heteroatoms. The van der Waals surface area contributed by atoms with Crippen LogP contribution in [-0.4, -0.2) is 0 Å². The van der Waals surface area contributed by atoms with Crippen molar-refractivity contribution in [2.45, 2.75) is 19.3 Å². The Morgan fingerprint density at radius 3 is 1.55 bits per heavy atom. The lowest BCUT2D eigenvalue weighted by atomic mass is 9.82. The van der Waals surface area contributed by atoms with E-state index < -0.39 is 0 Å². The van der Waals surface area contributed by atoms with Crippen molar-refractivity contribution >= 4 is 60.9 Å². The topological polar surface area (TPSA) is 29.5 Å². The monoisotopic (exact) mass is 541 g/mol. The summed E-state index contributed by atoms with van der Waals surface area (Å²) < 4.78 is 12.7. The molecule has 0 unspecified atom stereocenters. The molecule has 42 heavy (non-hydrogen) atoms. The van der Waals surface area contributed by atoms with Crippen molar-refractivity contribution in [3.63, 3.8) is 0 Å². The maximum Gasteiger partial charge on any atom is 0.137 e. The highest BCUT2D eigenvalue weighted by Crippen LogP contribution is 2.51. The Kier molecular flexibility index (Phi) is 4.67. The van der Waals surface area contributed by atoms with E-state index in [2.05, 4.69) is 122 Å². The number of nitrogens with zero attached hydrogens (tertiary/aromatic N) is 1. The van der Waals surface area contributed by atoms with Gasteiger partial charge in [0.1, 0.15) is 22.3 Å². The summed E-state index contributed by atoms with van der Waals surface area (Å²) >= 11 is 0. The summed E-state index contributed by atoms with van der Waals surface area (Å²) in [5.74, 6) is 0. The highest BCUT2D eigenvalue weighted by Gasteiger charge is 2.35. The first-order valence-corrected chi connectivity index (χ1v) is 14.4. The molecule has 6 aromatic carbocycles. The van der Waals surface area contributed by atoms with E-state index in [1.165, 1.54) is 22.3 Å². The fourth-order valence-corrected chi connectivity index (χ4v) is 6.99. The van der Waals surface area contributed by atoms with E-state index in [4.69, 9.17) is 8.83 Å². The van der Waals surface area contributed by atoms with Crippen molar-refractivity contribution in [3.05, 3.63) is 139 Å². The third kappa shape index (κ3) is 3.22. The van der Waals surface area contributed by atoms with E-state index in [1.807, 2.05) is 24.3 Å². The zero-order valence-corrected chi connectivity index (χ0v) is 23.4. The second-order valence-electron chi connectivity index (χ2n) is 11.8. The first kappa shape index (κ1) is 23.4. The Hall–Kier alpha value is -5.28. The number of hydrogen-bond donors (Lipinski definition) is 0. The van der Waals surface area contributed by atoms with Gasteiger partial charge in [0.05, 0.1) is 0 Å². The molecule has 0 bridgehead atoms. The van der Waals surface area contributed by atoms with Crippen LogP contribution < -0.4 is 4.90 Å². The van der Waals surface area contributed by atoms with E-state index >= 15 is 0 Å². The molecule has 0 radical (unpaired) electrons. The number of furan rings is 2. The molecule has 1 aliphatic rings. The molecule has 0 N–H and O–H groups in total. The molecule has 0 aliphatic heterocycles. The lowest BCUT2D eigenvalue weighted by molar-refractivity contribution is 0.660. The fourth-order valence-electron chi connectivity index (χ4n) is 6.99. The molecule has 2 heterocycles. The summed E-state index contributed by atoms with van der Waals surface area (Å²) in [4.78, 5) is 2.32. The van der Waals surface area contributed by atoms with E-state index in [-0.39, 0.29) is 5.41 Å². The summed E-state index contributed by atoms with van der Waals surface area (Å²) in [6.07, 6.45) is 0. The van der Waals surface area contributed by atoms with Crippen LogP contribution in [0.4, 0.5) is 17.1 Å². The molecular weight excluding hydrogens is 514 g/mol. The number of hydrogen-bond acceptors (Lipinski definition) is 3. The van der Waals surface area contributed by atoms with Crippen LogP contribution in [0.25, 0.3) is 55.0 Å². The van der Waals surface area contributed by atoms with Crippen LogP contribution in [-0.2, 0) is 5.41 Å². The second-order valence-corrected chi connectivity index (χ2v) is 11.8. The number of para-hydroxylation sites is 2. The highest BCUT2D eigenvalue weighted by atomic mass is 16.3. The van der Waals surface area contributed by atoms with Crippen LogP contribution >= 0.6 is 0 Å². The molecule has 1 aliphatic carbocycles. The van der Waals surface area contributed by atoms with Crippen molar-refractivity contribution < 1.29 is 8.83 Å².